The Hall–Kier alpha value is -2.14. The summed E-state index contributed by atoms with van der Waals surface area (Å²) < 4.78 is 1.33. The largest absolute Gasteiger partial charge is 0.506 e. The van der Waals surface area contributed by atoms with Gasteiger partial charge in [0, 0.05) is 18.7 Å². The van der Waals surface area contributed by atoms with Crippen LogP contribution in [0.2, 0.25) is 0 Å². The molecule has 0 bridgehead atoms. The van der Waals surface area contributed by atoms with E-state index in [-0.39, 0.29) is 17.4 Å². The van der Waals surface area contributed by atoms with Crippen LogP contribution in [0.3, 0.4) is 0 Å². The first-order valence-electron chi connectivity index (χ1n) is 6.60. The topological polar surface area (TPSA) is 67.2 Å². The molecule has 5 nitrogen and oxygen atoms in total. The summed E-state index contributed by atoms with van der Waals surface area (Å²) in [6, 6.07) is 9.00. The van der Waals surface area contributed by atoms with Crippen molar-refractivity contribution in [3.05, 3.63) is 51.9 Å². The van der Waals surface area contributed by atoms with Crippen molar-refractivity contribution in [2.75, 3.05) is 0 Å². The molecule has 106 valence electrons. The van der Waals surface area contributed by atoms with Gasteiger partial charge in [0.2, 0.25) is 0 Å². The highest BCUT2D eigenvalue weighted by molar-refractivity contribution is 5.40. The zero-order valence-corrected chi connectivity index (χ0v) is 11.9. The first kappa shape index (κ1) is 14.3. The number of aryl methyl sites for hydroxylation is 1. The minimum atomic E-state index is -0.343. The second-order valence-corrected chi connectivity index (χ2v) is 5.05. The van der Waals surface area contributed by atoms with Crippen molar-refractivity contribution >= 4 is 0 Å². The van der Waals surface area contributed by atoms with Gasteiger partial charge in [0.1, 0.15) is 11.4 Å². The van der Waals surface area contributed by atoms with E-state index in [4.69, 9.17) is 0 Å². The molecule has 0 atom stereocenters. The van der Waals surface area contributed by atoms with Crippen molar-refractivity contribution in [1.29, 1.82) is 0 Å². The van der Waals surface area contributed by atoms with E-state index >= 15 is 0 Å². The van der Waals surface area contributed by atoms with Gasteiger partial charge in [-0.15, -0.1) is 0 Å². The number of para-hydroxylation sites is 1. The lowest BCUT2D eigenvalue weighted by Gasteiger charge is -2.12. The fraction of sp³-hybridized carbons (Fsp3) is 0.333. The highest BCUT2D eigenvalue weighted by Gasteiger charge is 2.10. The van der Waals surface area contributed by atoms with E-state index in [0.717, 1.165) is 11.3 Å². The van der Waals surface area contributed by atoms with Crippen molar-refractivity contribution in [3.8, 4) is 11.4 Å². The van der Waals surface area contributed by atoms with E-state index in [1.807, 2.05) is 45.0 Å². The maximum Gasteiger partial charge on any atom is 0.275 e. The highest BCUT2D eigenvalue weighted by Crippen LogP contribution is 2.14. The van der Waals surface area contributed by atoms with Crippen LogP contribution < -0.4 is 10.9 Å². The number of hydrogen-bond donors (Lipinski definition) is 2. The quantitative estimate of drug-likeness (QED) is 0.890. The van der Waals surface area contributed by atoms with Crippen LogP contribution in [0.25, 0.3) is 5.69 Å². The highest BCUT2D eigenvalue weighted by atomic mass is 16.3. The fourth-order valence-electron chi connectivity index (χ4n) is 1.88. The second-order valence-electron chi connectivity index (χ2n) is 5.05. The molecule has 0 aliphatic rings. The van der Waals surface area contributed by atoms with Gasteiger partial charge in [0.15, 0.2) is 0 Å². The van der Waals surface area contributed by atoms with E-state index < -0.39 is 0 Å². The summed E-state index contributed by atoms with van der Waals surface area (Å²) in [5, 5.41) is 17.3. The molecule has 2 rings (SSSR count). The molecular formula is C15H19N3O2. The average Bonchev–Trinajstić information content (AvgIpc) is 2.39. The molecule has 0 fully saturated rings. The Morgan fingerprint density at radius 3 is 2.70 bits per heavy atom. The summed E-state index contributed by atoms with van der Waals surface area (Å²) in [7, 11) is 0. The van der Waals surface area contributed by atoms with Gasteiger partial charge < -0.3 is 10.4 Å². The number of aromatic hydroxyl groups is 1. The Labute approximate surface area is 117 Å². The molecule has 0 unspecified atom stereocenters. The van der Waals surface area contributed by atoms with E-state index in [9.17, 15) is 9.90 Å². The van der Waals surface area contributed by atoms with Crippen LogP contribution in [-0.2, 0) is 6.54 Å². The van der Waals surface area contributed by atoms with Crippen LogP contribution >= 0.6 is 0 Å². The van der Waals surface area contributed by atoms with Crippen LogP contribution in [0.15, 0.2) is 35.1 Å². The first-order valence-corrected chi connectivity index (χ1v) is 6.60. The minimum absolute atomic E-state index is 0.0759. The van der Waals surface area contributed by atoms with Crippen LogP contribution in [0, 0.1) is 6.92 Å². The van der Waals surface area contributed by atoms with E-state index in [0.29, 0.717) is 12.2 Å². The van der Waals surface area contributed by atoms with Crippen molar-refractivity contribution in [2.45, 2.75) is 33.4 Å². The zero-order valence-electron chi connectivity index (χ0n) is 11.9. The van der Waals surface area contributed by atoms with Crippen molar-refractivity contribution in [2.24, 2.45) is 0 Å². The molecule has 0 saturated heterocycles. The van der Waals surface area contributed by atoms with Gasteiger partial charge in [0.05, 0.1) is 5.69 Å². The number of nitrogens with one attached hydrogen (secondary N) is 1. The molecule has 0 aliphatic heterocycles. The molecular weight excluding hydrogens is 254 g/mol. The van der Waals surface area contributed by atoms with Crippen molar-refractivity contribution in [1.82, 2.24) is 15.1 Å². The molecule has 0 radical (unpaired) electrons. The first-order chi connectivity index (χ1) is 9.49. The third-order valence-corrected chi connectivity index (χ3v) is 3.01. The van der Waals surface area contributed by atoms with Crippen molar-refractivity contribution < 1.29 is 5.11 Å². The van der Waals surface area contributed by atoms with Gasteiger partial charge in [-0.3, -0.25) is 4.79 Å². The summed E-state index contributed by atoms with van der Waals surface area (Å²) in [6.45, 7) is 6.35. The van der Waals surface area contributed by atoms with Gasteiger partial charge >= 0.3 is 0 Å². The summed E-state index contributed by atoms with van der Waals surface area (Å²) in [4.78, 5) is 12.0. The normalized spacial score (nSPS) is 11.0. The molecule has 0 saturated carbocycles. The summed E-state index contributed by atoms with van der Waals surface area (Å²) in [6.07, 6.45) is 0. The second kappa shape index (κ2) is 5.88. The van der Waals surface area contributed by atoms with Crippen LogP contribution in [-0.4, -0.2) is 20.9 Å². The van der Waals surface area contributed by atoms with Gasteiger partial charge in [0.25, 0.3) is 5.56 Å². The number of nitrogens with zero attached hydrogens (tertiary/aromatic N) is 2. The summed E-state index contributed by atoms with van der Waals surface area (Å²) in [5.41, 5.74) is 1.80. The Morgan fingerprint density at radius 1 is 1.35 bits per heavy atom. The SMILES string of the molecule is Cc1ccccc1-n1nc(CNC(C)C)c(O)cc1=O. The average molecular weight is 273 g/mol. The van der Waals surface area contributed by atoms with Gasteiger partial charge in [-0.1, -0.05) is 32.0 Å². The molecule has 2 aromatic rings. The Balaban J connectivity index is 2.46. The van der Waals surface area contributed by atoms with E-state index in [1.165, 1.54) is 10.7 Å². The lowest BCUT2D eigenvalue weighted by Crippen LogP contribution is -2.27. The lowest BCUT2D eigenvalue weighted by atomic mass is 10.2. The van der Waals surface area contributed by atoms with E-state index in [1.54, 1.807) is 0 Å². The maximum absolute atomic E-state index is 12.0. The monoisotopic (exact) mass is 273 g/mol. The Bertz CT molecular complexity index is 662. The number of hydrogen-bond acceptors (Lipinski definition) is 4. The van der Waals surface area contributed by atoms with Gasteiger partial charge in [-0.2, -0.15) is 9.78 Å². The smallest absolute Gasteiger partial charge is 0.275 e. The summed E-state index contributed by atoms with van der Waals surface area (Å²) in [5.74, 6) is -0.0759. The van der Waals surface area contributed by atoms with Gasteiger partial charge in [-0.05, 0) is 18.6 Å². The fourth-order valence-corrected chi connectivity index (χ4v) is 1.88. The molecule has 0 aliphatic carbocycles. The molecule has 1 heterocycles. The maximum atomic E-state index is 12.0. The van der Waals surface area contributed by atoms with E-state index in [2.05, 4.69) is 10.4 Å². The Kier molecular flexibility index (Phi) is 4.20. The predicted molar refractivity (Wildman–Crippen MR) is 78.2 cm³/mol. The van der Waals surface area contributed by atoms with Crippen LogP contribution in [0.1, 0.15) is 25.1 Å². The van der Waals surface area contributed by atoms with Gasteiger partial charge in [-0.25, -0.2) is 0 Å². The minimum Gasteiger partial charge on any atom is -0.506 e. The third-order valence-electron chi connectivity index (χ3n) is 3.01. The third kappa shape index (κ3) is 3.05. The van der Waals surface area contributed by atoms with Crippen molar-refractivity contribution in [3.63, 3.8) is 0 Å². The molecule has 0 spiro atoms. The molecule has 1 aromatic heterocycles. The standard InChI is InChI=1S/C15H19N3O2/c1-10(2)16-9-12-14(19)8-15(20)18(17-12)13-7-5-4-6-11(13)3/h4-8,10,16,19H,9H2,1-3H3. The predicted octanol–water partition coefficient (Wildman–Crippen LogP) is 1.74. The lowest BCUT2D eigenvalue weighted by molar-refractivity contribution is 0.447. The molecule has 5 heteroatoms. The molecule has 2 N–H and O–H groups in total. The zero-order chi connectivity index (χ0) is 14.7. The molecule has 20 heavy (non-hydrogen) atoms. The van der Waals surface area contributed by atoms with Crippen LogP contribution in [0.5, 0.6) is 5.75 Å². The number of benzene rings is 1. The summed E-state index contributed by atoms with van der Waals surface area (Å²) >= 11 is 0. The number of rotatable bonds is 4. The Morgan fingerprint density at radius 2 is 2.05 bits per heavy atom. The molecule has 0 amide bonds. The van der Waals surface area contributed by atoms with Crippen LogP contribution in [0.4, 0.5) is 0 Å². The molecule has 1 aromatic carbocycles. The number of aromatic nitrogens is 2.